The fourth-order valence-electron chi connectivity index (χ4n) is 3.90. The van der Waals surface area contributed by atoms with E-state index in [2.05, 4.69) is 15.9 Å². The third-order valence-corrected chi connectivity index (χ3v) is 6.94. The molecule has 1 heterocycles. The molecule has 0 spiro atoms. The van der Waals surface area contributed by atoms with Gasteiger partial charge in [0.25, 0.3) is 0 Å². The molecule has 2 aromatic rings. The minimum Gasteiger partial charge on any atom is -0.463 e. The number of alkyl halides is 1. The summed E-state index contributed by atoms with van der Waals surface area (Å²) in [6.45, 7) is 3.88. The van der Waals surface area contributed by atoms with E-state index in [9.17, 15) is 27.6 Å². The Hall–Kier alpha value is -3.89. The molecule has 3 rings (SSSR count). The van der Waals surface area contributed by atoms with Gasteiger partial charge in [0.2, 0.25) is 12.4 Å². The van der Waals surface area contributed by atoms with Gasteiger partial charge < -0.3 is 36.8 Å². The highest BCUT2D eigenvalue weighted by Gasteiger charge is 2.53. The van der Waals surface area contributed by atoms with Gasteiger partial charge in [-0.1, -0.05) is 40.2 Å². The Morgan fingerprint density at radius 3 is 1.86 bits per heavy atom. The number of carbonyl (C=O) groups is 4. The molecule has 1 saturated heterocycles. The van der Waals surface area contributed by atoms with Crippen LogP contribution in [0.1, 0.15) is 33.3 Å². The van der Waals surface area contributed by atoms with Gasteiger partial charge in [-0.05, 0) is 29.8 Å². The van der Waals surface area contributed by atoms with Gasteiger partial charge in [-0.15, -0.1) is 8.42 Å². The van der Waals surface area contributed by atoms with Crippen molar-refractivity contribution in [2.24, 2.45) is 0 Å². The number of esters is 4. The Balaban J connectivity index is 1.95. The van der Waals surface area contributed by atoms with Gasteiger partial charge in [0.05, 0.1) is 0 Å². The zero-order valence-corrected chi connectivity index (χ0v) is 25.8. The summed E-state index contributed by atoms with van der Waals surface area (Å²) in [6.07, 6.45) is -7.34. The quantitative estimate of drug-likeness (QED) is 0.181. The molecule has 1 aliphatic rings. The predicted molar refractivity (Wildman–Crippen MR) is 148 cm³/mol. The lowest BCUT2D eigenvalue weighted by Gasteiger charge is -2.43. The van der Waals surface area contributed by atoms with Crippen molar-refractivity contribution in [2.45, 2.75) is 63.7 Å². The lowest BCUT2D eigenvalue weighted by atomic mass is 9.98. The van der Waals surface area contributed by atoms with Crippen LogP contribution in [0.2, 0.25) is 0 Å². The molecular formula is C27H29BrO14S. The van der Waals surface area contributed by atoms with Crippen molar-refractivity contribution in [3.05, 3.63) is 54.1 Å². The summed E-state index contributed by atoms with van der Waals surface area (Å²) in [5, 5.41) is 0.556. The number of hydrogen-bond acceptors (Lipinski definition) is 14. The Labute approximate surface area is 255 Å². The molecule has 2 aromatic carbocycles. The van der Waals surface area contributed by atoms with Gasteiger partial charge in [-0.25, -0.2) is 0 Å². The minimum atomic E-state index is -4.68. The second-order valence-electron chi connectivity index (χ2n) is 8.98. The molecule has 14 nitrogen and oxygen atoms in total. The largest absolute Gasteiger partial charge is 0.501 e. The Bertz CT molecular complexity index is 1410. The summed E-state index contributed by atoms with van der Waals surface area (Å²) in [4.78, 5) is 47.6. The monoisotopic (exact) mass is 688 g/mol. The first kappa shape index (κ1) is 33.6. The van der Waals surface area contributed by atoms with E-state index in [1.807, 2.05) is 0 Å². The van der Waals surface area contributed by atoms with Crippen molar-refractivity contribution in [2.75, 3.05) is 6.61 Å². The van der Waals surface area contributed by atoms with Gasteiger partial charge in [-0.2, -0.15) is 0 Å². The third-order valence-electron chi connectivity index (χ3n) is 5.51. The molecule has 16 heteroatoms. The lowest BCUT2D eigenvalue weighted by molar-refractivity contribution is -0.288. The topological polar surface area (TPSA) is 176 Å². The number of para-hydroxylation sites is 2. The molecular weight excluding hydrogens is 660 g/mol. The summed E-state index contributed by atoms with van der Waals surface area (Å²) in [7, 11) is -4.68. The van der Waals surface area contributed by atoms with Crippen molar-refractivity contribution < 1.29 is 64.4 Å². The van der Waals surface area contributed by atoms with Crippen LogP contribution < -0.4 is 13.1 Å². The highest BCUT2D eigenvalue weighted by atomic mass is 79.9. The summed E-state index contributed by atoms with van der Waals surface area (Å²) in [6, 6.07) is 11.7. The lowest BCUT2D eigenvalue weighted by Crippen LogP contribution is -2.63. The van der Waals surface area contributed by atoms with Gasteiger partial charge in [0.15, 0.2) is 23.7 Å². The first-order valence-electron chi connectivity index (χ1n) is 12.6. The molecule has 43 heavy (non-hydrogen) atoms. The predicted octanol–water partition coefficient (Wildman–Crippen LogP) is 2.75. The third kappa shape index (κ3) is 10.1. The van der Waals surface area contributed by atoms with E-state index in [1.165, 1.54) is 36.4 Å². The normalized spacial score (nSPS) is 21.6. The van der Waals surface area contributed by atoms with E-state index >= 15 is 0 Å². The van der Waals surface area contributed by atoms with Gasteiger partial charge in [0, 0.05) is 33.0 Å². The first-order valence-corrected chi connectivity index (χ1v) is 15.1. The molecule has 0 bridgehead atoms. The Morgan fingerprint density at radius 1 is 0.744 bits per heavy atom. The van der Waals surface area contributed by atoms with Crippen LogP contribution in [0, 0.1) is 0 Å². The fraction of sp³-hybridized carbons (Fsp3) is 0.407. The minimum absolute atomic E-state index is 0.0114. The molecule has 0 aromatic heterocycles. The summed E-state index contributed by atoms with van der Waals surface area (Å²) in [5.41, 5.74) is 0.884. The molecule has 234 valence electrons. The van der Waals surface area contributed by atoms with E-state index < -0.39 is 71.6 Å². The molecule has 1 unspecified atom stereocenters. The van der Waals surface area contributed by atoms with E-state index in [0.717, 1.165) is 33.3 Å². The van der Waals surface area contributed by atoms with Crippen molar-refractivity contribution in [1.29, 1.82) is 0 Å². The number of halogens is 1. The zero-order valence-electron chi connectivity index (χ0n) is 23.4. The molecule has 0 aliphatic carbocycles. The maximum Gasteiger partial charge on any atom is 0.501 e. The molecule has 0 N–H and O–H groups in total. The molecule has 5 atom stereocenters. The highest BCUT2D eigenvalue weighted by molar-refractivity contribution is 9.08. The van der Waals surface area contributed by atoms with E-state index in [0.29, 0.717) is 5.33 Å². The van der Waals surface area contributed by atoms with E-state index in [-0.39, 0.29) is 17.2 Å². The van der Waals surface area contributed by atoms with Crippen LogP contribution >= 0.6 is 15.9 Å². The number of benzene rings is 2. The fourth-order valence-corrected chi connectivity index (χ4v) is 5.02. The summed E-state index contributed by atoms with van der Waals surface area (Å²) >= 11 is 3.30. The first-order chi connectivity index (χ1) is 20.3. The van der Waals surface area contributed by atoms with Crippen molar-refractivity contribution in [1.82, 2.24) is 0 Å². The van der Waals surface area contributed by atoms with Gasteiger partial charge >= 0.3 is 34.3 Å². The second-order valence-corrected chi connectivity index (χ2v) is 10.7. The smallest absolute Gasteiger partial charge is 0.463 e. The molecule has 0 saturated carbocycles. The van der Waals surface area contributed by atoms with Gasteiger partial charge in [-0.3, -0.25) is 19.2 Å². The molecule has 1 aliphatic heterocycles. The van der Waals surface area contributed by atoms with Crippen molar-refractivity contribution in [3.8, 4) is 17.2 Å². The SMILES string of the molecule is CC(=O)OC[C@H]1OC(Oc2ccccc2OS(=O)(=O)Oc2ccc(CBr)cc2)[C@H](OC(C)=O)[C@@H](OC(C)=O)[C@H]1OC(C)=O. The van der Waals surface area contributed by atoms with Crippen LogP contribution in [-0.2, 0) is 58.6 Å². The average molecular weight is 689 g/mol. The maximum atomic E-state index is 12.7. The second kappa shape index (κ2) is 15.0. The number of hydrogen-bond donors (Lipinski definition) is 0. The average Bonchev–Trinajstić information content (AvgIpc) is 2.91. The van der Waals surface area contributed by atoms with Gasteiger partial charge in [0.1, 0.15) is 18.5 Å². The van der Waals surface area contributed by atoms with Crippen LogP contribution in [0.4, 0.5) is 0 Å². The molecule has 0 amide bonds. The Kier molecular flexibility index (Phi) is 11.7. The molecule has 0 radical (unpaired) electrons. The van der Waals surface area contributed by atoms with E-state index in [1.54, 1.807) is 12.1 Å². The van der Waals surface area contributed by atoms with Crippen LogP contribution in [0.25, 0.3) is 0 Å². The van der Waals surface area contributed by atoms with Crippen LogP contribution in [0.15, 0.2) is 48.5 Å². The van der Waals surface area contributed by atoms with Crippen LogP contribution in [-0.4, -0.2) is 69.6 Å². The number of carbonyl (C=O) groups excluding carboxylic acids is 4. The highest BCUT2D eigenvalue weighted by Crippen LogP contribution is 2.35. The maximum absolute atomic E-state index is 12.7. The molecule has 1 fully saturated rings. The van der Waals surface area contributed by atoms with Crippen LogP contribution in [0.5, 0.6) is 17.2 Å². The van der Waals surface area contributed by atoms with Crippen molar-refractivity contribution in [3.63, 3.8) is 0 Å². The summed E-state index contributed by atoms with van der Waals surface area (Å²) in [5.74, 6) is -3.74. The van der Waals surface area contributed by atoms with E-state index in [4.69, 9.17) is 36.8 Å². The van der Waals surface area contributed by atoms with Crippen LogP contribution in [0.3, 0.4) is 0 Å². The zero-order chi connectivity index (χ0) is 31.7. The van der Waals surface area contributed by atoms with Crippen molar-refractivity contribution >= 4 is 50.2 Å². The number of rotatable bonds is 12. The number of ether oxygens (including phenoxy) is 6. The Morgan fingerprint density at radius 2 is 1.30 bits per heavy atom. The summed E-state index contributed by atoms with van der Waals surface area (Å²) < 4.78 is 68.5. The standard InChI is InChI=1S/C27H29BrO14S/c1-15(29)35-14-23-24(36-16(2)30)25(37-17(3)31)26(38-18(4)32)27(40-23)39-21-7-5-6-8-22(21)42-43(33,34)41-20-11-9-19(13-28)10-12-20/h5-12,23-27H,13-14H2,1-4H3/t23-,24+,25+,26-,27?/m1/s1.